The van der Waals surface area contributed by atoms with Crippen molar-refractivity contribution in [1.29, 1.82) is 0 Å². The first-order valence-corrected chi connectivity index (χ1v) is 7.70. The second-order valence-corrected chi connectivity index (χ2v) is 5.16. The average molecular weight is 294 g/mol. The molecule has 0 spiro atoms. The van der Waals surface area contributed by atoms with E-state index in [0.717, 1.165) is 25.7 Å². The van der Waals surface area contributed by atoms with Gasteiger partial charge in [-0.2, -0.15) is 0 Å². The second-order valence-electron chi connectivity index (χ2n) is 5.16. The number of carbonyl (C=O) groups excluding carboxylic acids is 2. The predicted molar refractivity (Wildman–Crippen MR) is 83.4 cm³/mol. The van der Waals surface area contributed by atoms with E-state index < -0.39 is 5.97 Å². The van der Waals surface area contributed by atoms with Gasteiger partial charge < -0.3 is 15.0 Å². The fourth-order valence-electron chi connectivity index (χ4n) is 2.30. The van der Waals surface area contributed by atoms with Crippen molar-refractivity contribution < 1.29 is 14.3 Å². The molecule has 1 atom stereocenters. The van der Waals surface area contributed by atoms with Gasteiger partial charge in [0.25, 0.3) is 0 Å². The molecule has 1 aromatic rings. The van der Waals surface area contributed by atoms with Gasteiger partial charge in [0.15, 0.2) is 0 Å². The maximum absolute atomic E-state index is 12.3. The number of carbonyl (C=O) groups is 2. The lowest BCUT2D eigenvalue weighted by molar-refractivity contribution is -0.120. The number of ether oxygens (including phenoxy) is 1. The van der Waals surface area contributed by atoms with E-state index in [1.165, 1.54) is 0 Å². The molecule has 0 fully saturated rings. The molecule has 0 saturated carbocycles. The largest absolute Gasteiger partial charge is 0.462 e. The van der Waals surface area contributed by atoms with E-state index >= 15 is 0 Å². The Balaban J connectivity index is 2.82. The number of H-pyrrole nitrogens is 1. The highest BCUT2D eigenvalue weighted by Gasteiger charge is 2.22. The summed E-state index contributed by atoms with van der Waals surface area (Å²) in [7, 11) is 0. The molecule has 0 bridgehead atoms. The Bertz CT molecular complexity index is 480. The smallest absolute Gasteiger partial charge is 0.342 e. The number of aromatic amines is 1. The van der Waals surface area contributed by atoms with E-state index in [9.17, 15) is 9.59 Å². The Kier molecular flexibility index (Phi) is 6.99. The summed E-state index contributed by atoms with van der Waals surface area (Å²) in [6.07, 6.45) is 5.41. The number of unbranched alkanes of at least 4 members (excludes halogenated alkanes) is 1. The lowest BCUT2D eigenvalue weighted by atomic mass is 9.98. The molecule has 0 radical (unpaired) electrons. The number of amides is 1. The lowest BCUT2D eigenvalue weighted by Crippen LogP contribution is -2.23. The topological polar surface area (TPSA) is 71.2 Å². The highest BCUT2D eigenvalue weighted by molar-refractivity contribution is 6.02. The number of rotatable bonds is 8. The third-order valence-electron chi connectivity index (χ3n) is 3.58. The molecule has 0 saturated heterocycles. The number of hydrogen-bond donors (Lipinski definition) is 2. The number of esters is 1. The molecular formula is C16H26N2O3. The molecule has 1 unspecified atom stereocenters. The van der Waals surface area contributed by atoms with Crippen LogP contribution < -0.4 is 5.32 Å². The van der Waals surface area contributed by atoms with Crippen LogP contribution in [0.1, 0.15) is 62.5 Å². The molecule has 118 valence electrons. The van der Waals surface area contributed by atoms with Crippen LogP contribution >= 0.6 is 0 Å². The predicted octanol–water partition coefficient (Wildman–Crippen LogP) is 3.65. The van der Waals surface area contributed by atoms with Crippen LogP contribution in [0.25, 0.3) is 0 Å². The highest BCUT2D eigenvalue weighted by atomic mass is 16.5. The molecule has 1 amide bonds. The van der Waals surface area contributed by atoms with Crippen molar-refractivity contribution in [1.82, 2.24) is 4.98 Å². The minimum Gasteiger partial charge on any atom is -0.462 e. The highest BCUT2D eigenvalue weighted by Crippen LogP contribution is 2.22. The summed E-state index contributed by atoms with van der Waals surface area (Å²) in [6, 6.07) is 0. The maximum atomic E-state index is 12.3. The number of anilines is 1. The zero-order valence-electron chi connectivity index (χ0n) is 13.4. The average Bonchev–Trinajstić information content (AvgIpc) is 2.81. The van der Waals surface area contributed by atoms with Crippen molar-refractivity contribution in [2.75, 3.05) is 11.9 Å². The summed E-state index contributed by atoms with van der Waals surface area (Å²) in [5.41, 5.74) is 1.62. The van der Waals surface area contributed by atoms with E-state index in [4.69, 9.17) is 4.74 Å². The third-order valence-corrected chi connectivity index (χ3v) is 3.58. The molecular weight excluding hydrogens is 268 g/mol. The number of aryl methyl sites for hydroxylation is 1. The third kappa shape index (κ3) is 4.62. The Morgan fingerprint density at radius 2 is 2.05 bits per heavy atom. The molecule has 5 heteroatoms. The summed E-state index contributed by atoms with van der Waals surface area (Å²) in [4.78, 5) is 27.2. The van der Waals surface area contributed by atoms with Gasteiger partial charge >= 0.3 is 5.97 Å². The van der Waals surface area contributed by atoms with Crippen molar-refractivity contribution in [2.24, 2.45) is 5.92 Å². The number of aromatic nitrogens is 1. The molecule has 1 aromatic heterocycles. The van der Waals surface area contributed by atoms with Gasteiger partial charge in [0.2, 0.25) is 5.91 Å². The SMILES string of the molecule is CCCCC(CC)C(=O)Nc1c[nH]c(C)c1C(=O)OCC. The Labute approximate surface area is 126 Å². The molecule has 0 aliphatic carbocycles. The second kappa shape index (κ2) is 8.49. The Morgan fingerprint density at radius 3 is 2.62 bits per heavy atom. The van der Waals surface area contributed by atoms with Gasteiger partial charge in [-0.1, -0.05) is 26.7 Å². The van der Waals surface area contributed by atoms with Crippen LogP contribution in [0.15, 0.2) is 6.20 Å². The van der Waals surface area contributed by atoms with Gasteiger partial charge in [0, 0.05) is 17.8 Å². The summed E-state index contributed by atoms with van der Waals surface area (Å²) in [5.74, 6) is -0.459. The first kappa shape index (κ1) is 17.3. The normalized spacial score (nSPS) is 12.0. The molecule has 0 aliphatic rings. The van der Waals surface area contributed by atoms with E-state index in [0.29, 0.717) is 23.6 Å². The summed E-state index contributed by atoms with van der Waals surface area (Å²) < 4.78 is 5.03. The Hall–Kier alpha value is -1.78. The van der Waals surface area contributed by atoms with Gasteiger partial charge in [0.1, 0.15) is 5.56 Å². The summed E-state index contributed by atoms with van der Waals surface area (Å²) >= 11 is 0. The van der Waals surface area contributed by atoms with E-state index in [-0.39, 0.29) is 11.8 Å². The van der Waals surface area contributed by atoms with Gasteiger partial charge in [0.05, 0.1) is 12.3 Å². The van der Waals surface area contributed by atoms with Crippen LogP contribution in [0, 0.1) is 12.8 Å². The minimum absolute atomic E-state index is 0.0183. The quantitative estimate of drug-likeness (QED) is 0.719. The van der Waals surface area contributed by atoms with Gasteiger partial charge in [-0.3, -0.25) is 4.79 Å². The number of nitrogens with one attached hydrogen (secondary N) is 2. The van der Waals surface area contributed by atoms with Gasteiger partial charge in [-0.25, -0.2) is 4.79 Å². The standard InChI is InChI=1S/C16H26N2O3/c1-5-8-9-12(6-2)15(19)18-13-10-17-11(4)14(13)16(20)21-7-3/h10,12,17H,5-9H2,1-4H3,(H,18,19). The summed E-state index contributed by atoms with van der Waals surface area (Å²) in [5, 5.41) is 2.86. The molecule has 1 heterocycles. The zero-order chi connectivity index (χ0) is 15.8. The molecule has 0 aliphatic heterocycles. The van der Waals surface area contributed by atoms with E-state index in [2.05, 4.69) is 17.2 Å². The molecule has 5 nitrogen and oxygen atoms in total. The molecule has 2 N–H and O–H groups in total. The molecule has 0 aromatic carbocycles. The van der Waals surface area contributed by atoms with Crippen LogP contribution in [0.4, 0.5) is 5.69 Å². The van der Waals surface area contributed by atoms with Crippen molar-refractivity contribution in [2.45, 2.75) is 53.4 Å². The van der Waals surface area contributed by atoms with Gasteiger partial charge in [-0.05, 0) is 26.7 Å². The molecule has 1 rings (SSSR count). The van der Waals surface area contributed by atoms with Crippen LogP contribution in [-0.2, 0) is 9.53 Å². The van der Waals surface area contributed by atoms with Crippen LogP contribution in [0.3, 0.4) is 0 Å². The molecule has 21 heavy (non-hydrogen) atoms. The summed E-state index contributed by atoms with van der Waals surface area (Å²) in [6.45, 7) is 7.98. The van der Waals surface area contributed by atoms with E-state index in [1.54, 1.807) is 20.0 Å². The fraction of sp³-hybridized carbons (Fsp3) is 0.625. The lowest BCUT2D eigenvalue weighted by Gasteiger charge is -2.14. The fourth-order valence-corrected chi connectivity index (χ4v) is 2.30. The first-order valence-electron chi connectivity index (χ1n) is 7.70. The van der Waals surface area contributed by atoms with Gasteiger partial charge in [-0.15, -0.1) is 0 Å². The van der Waals surface area contributed by atoms with Crippen molar-refractivity contribution in [3.63, 3.8) is 0 Å². The van der Waals surface area contributed by atoms with Crippen molar-refractivity contribution in [3.05, 3.63) is 17.5 Å². The van der Waals surface area contributed by atoms with E-state index in [1.807, 2.05) is 6.92 Å². The van der Waals surface area contributed by atoms with Crippen molar-refractivity contribution >= 4 is 17.6 Å². The van der Waals surface area contributed by atoms with Crippen LogP contribution in [-0.4, -0.2) is 23.5 Å². The zero-order valence-corrected chi connectivity index (χ0v) is 13.4. The monoisotopic (exact) mass is 294 g/mol. The van der Waals surface area contributed by atoms with Crippen molar-refractivity contribution in [3.8, 4) is 0 Å². The maximum Gasteiger partial charge on any atom is 0.342 e. The van der Waals surface area contributed by atoms with Crippen LogP contribution in [0.2, 0.25) is 0 Å². The Morgan fingerprint density at radius 1 is 1.33 bits per heavy atom. The minimum atomic E-state index is -0.409. The number of hydrogen-bond acceptors (Lipinski definition) is 3. The van der Waals surface area contributed by atoms with Crippen LogP contribution in [0.5, 0.6) is 0 Å². The first-order chi connectivity index (χ1) is 10.0.